The summed E-state index contributed by atoms with van der Waals surface area (Å²) in [5, 5.41) is 12.5. The SMILES string of the molecule is FC(F)Oc1ccccc1[C@@H]1C[C@H]1CNc1ccn2c(CC3CC3)nnc2c1Cl. The molecule has 8 heteroatoms. The summed E-state index contributed by atoms with van der Waals surface area (Å²) in [6, 6.07) is 8.96. The number of aromatic nitrogens is 3. The number of ether oxygens (including phenoxy) is 1. The van der Waals surface area contributed by atoms with Crippen molar-refractivity contribution in [2.45, 2.75) is 38.2 Å². The molecular formula is C21H21ClF2N4O. The third-order valence-corrected chi connectivity index (χ3v) is 6.14. The van der Waals surface area contributed by atoms with Crippen LogP contribution in [0.15, 0.2) is 36.5 Å². The Labute approximate surface area is 172 Å². The third kappa shape index (κ3) is 3.88. The first-order valence-corrected chi connectivity index (χ1v) is 10.3. The van der Waals surface area contributed by atoms with Crippen molar-refractivity contribution in [1.29, 1.82) is 0 Å². The summed E-state index contributed by atoms with van der Waals surface area (Å²) in [7, 11) is 0. The van der Waals surface area contributed by atoms with E-state index in [-0.39, 0.29) is 11.7 Å². The van der Waals surface area contributed by atoms with Crippen LogP contribution in [0.1, 0.15) is 36.6 Å². The van der Waals surface area contributed by atoms with E-state index in [1.807, 2.05) is 28.8 Å². The maximum absolute atomic E-state index is 12.6. The number of anilines is 1. The van der Waals surface area contributed by atoms with E-state index in [0.717, 1.165) is 35.8 Å². The standard InChI is InChI=1S/C21H21ClF2N4O/c22-19-16(7-8-28-18(9-12-5-6-12)26-27-20(19)28)25-11-13-10-15(13)14-3-1-2-4-17(14)29-21(23)24/h1-4,7-8,12-13,15,21,25H,5-6,9-11H2/t13-,15+/m0/s1. The van der Waals surface area contributed by atoms with E-state index in [1.54, 1.807) is 12.1 Å². The van der Waals surface area contributed by atoms with Gasteiger partial charge in [0.25, 0.3) is 0 Å². The van der Waals surface area contributed by atoms with Crippen LogP contribution < -0.4 is 10.1 Å². The van der Waals surface area contributed by atoms with E-state index < -0.39 is 6.61 Å². The van der Waals surface area contributed by atoms with Crippen LogP contribution in [0.25, 0.3) is 5.65 Å². The van der Waals surface area contributed by atoms with Crippen LogP contribution >= 0.6 is 11.6 Å². The Morgan fingerprint density at radius 3 is 2.83 bits per heavy atom. The summed E-state index contributed by atoms with van der Waals surface area (Å²) in [4.78, 5) is 0. The Bertz CT molecular complexity index is 1040. The Balaban J connectivity index is 1.26. The largest absolute Gasteiger partial charge is 0.435 e. The van der Waals surface area contributed by atoms with Gasteiger partial charge in [0, 0.05) is 19.2 Å². The van der Waals surface area contributed by atoms with Gasteiger partial charge in [0.1, 0.15) is 16.6 Å². The molecule has 2 saturated carbocycles. The number of nitrogens with one attached hydrogen (secondary N) is 1. The predicted molar refractivity (Wildman–Crippen MR) is 107 cm³/mol. The van der Waals surface area contributed by atoms with Crippen LogP contribution in [-0.4, -0.2) is 27.8 Å². The molecule has 1 aromatic carbocycles. The van der Waals surface area contributed by atoms with E-state index in [2.05, 4.69) is 20.3 Å². The second-order valence-electron chi connectivity index (χ2n) is 7.90. The fourth-order valence-electron chi connectivity index (χ4n) is 3.91. The molecule has 5 nitrogen and oxygen atoms in total. The first-order valence-electron chi connectivity index (χ1n) is 9.90. The van der Waals surface area contributed by atoms with Gasteiger partial charge in [0.15, 0.2) is 5.65 Å². The molecule has 0 bridgehead atoms. The van der Waals surface area contributed by atoms with Crippen molar-refractivity contribution in [2.75, 3.05) is 11.9 Å². The molecule has 2 aliphatic rings. The number of nitrogens with zero attached hydrogens (tertiary/aromatic N) is 3. The number of hydrogen-bond acceptors (Lipinski definition) is 4. The summed E-state index contributed by atoms with van der Waals surface area (Å²) in [5.74, 6) is 2.49. The summed E-state index contributed by atoms with van der Waals surface area (Å²) >= 11 is 6.56. The number of benzene rings is 1. The summed E-state index contributed by atoms with van der Waals surface area (Å²) < 4.78 is 31.9. The van der Waals surface area contributed by atoms with Gasteiger partial charge in [-0.3, -0.25) is 4.40 Å². The zero-order valence-corrected chi connectivity index (χ0v) is 16.4. The molecule has 0 radical (unpaired) electrons. The molecule has 2 fully saturated rings. The van der Waals surface area contributed by atoms with E-state index in [9.17, 15) is 8.78 Å². The van der Waals surface area contributed by atoms with Crippen LogP contribution in [0, 0.1) is 11.8 Å². The number of fused-ring (bicyclic) bond motifs is 1. The van der Waals surface area contributed by atoms with Gasteiger partial charge in [-0.05, 0) is 54.7 Å². The molecule has 2 heterocycles. The average molecular weight is 419 g/mol. The molecule has 2 aromatic heterocycles. The Morgan fingerprint density at radius 1 is 1.21 bits per heavy atom. The van der Waals surface area contributed by atoms with Gasteiger partial charge in [-0.25, -0.2) is 0 Å². The molecule has 0 unspecified atom stereocenters. The van der Waals surface area contributed by atoms with Gasteiger partial charge in [-0.15, -0.1) is 10.2 Å². The molecule has 0 spiro atoms. The molecule has 0 aliphatic heterocycles. The van der Waals surface area contributed by atoms with Crippen LogP contribution in [0.2, 0.25) is 5.02 Å². The number of alkyl halides is 2. The lowest BCUT2D eigenvalue weighted by Gasteiger charge is -2.12. The van der Waals surface area contributed by atoms with Crippen molar-refractivity contribution in [2.24, 2.45) is 11.8 Å². The topological polar surface area (TPSA) is 51.5 Å². The molecule has 1 N–H and O–H groups in total. The zero-order chi connectivity index (χ0) is 20.0. The van der Waals surface area contributed by atoms with E-state index >= 15 is 0 Å². The fraction of sp³-hybridized carbons (Fsp3) is 0.429. The summed E-state index contributed by atoms with van der Waals surface area (Å²) in [6.07, 6.45) is 6.34. The first kappa shape index (κ1) is 18.6. The fourth-order valence-corrected chi connectivity index (χ4v) is 4.17. The minimum Gasteiger partial charge on any atom is -0.435 e. The Morgan fingerprint density at radius 2 is 2.03 bits per heavy atom. The van der Waals surface area contributed by atoms with Gasteiger partial charge in [-0.2, -0.15) is 8.78 Å². The monoisotopic (exact) mass is 418 g/mol. The lowest BCUT2D eigenvalue weighted by atomic mass is 10.1. The van der Waals surface area contributed by atoms with Crippen LogP contribution in [0.5, 0.6) is 5.75 Å². The molecule has 2 aliphatic carbocycles. The van der Waals surface area contributed by atoms with Gasteiger partial charge in [0.2, 0.25) is 0 Å². The molecule has 29 heavy (non-hydrogen) atoms. The number of para-hydroxylation sites is 1. The Kier molecular flexibility index (Phi) is 4.78. The maximum atomic E-state index is 12.6. The molecular weight excluding hydrogens is 398 g/mol. The highest BCUT2D eigenvalue weighted by Crippen LogP contribution is 2.50. The minimum atomic E-state index is -2.81. The van der Waals surface area contributed by atoms with Gasteiger partial charge in [0.05, 0.1) is 5.69 Å². The lowest BCUT2D eigenvalue weighted by molar-refractivity contribution is -0.0504. The molecule has 152 valence electrons. The van der Waals surface area contributed by atoms with Crippen molar-refractivity contribution in [3.8, 4) is 5.75 Å². The lowest BCUT2D eigenvalue weighted by Crippen LogP contribution is -2.07. The minimum absolute atomic E-state index is 0.207. The number of pyridine rings is 1. The molecule has 0 saturated heterocycles. The number of halogens is 3. The third-order valence-electron chi connectivity index (χ3n) is 5.77. The van der Waals surface area contributed by atoms with E-state index in [0.29, 0.717) is 23.1 Å². The van der Waals surface area contributed by atoms with Gasteiger partial charge in [-0.1, -0.05) is 29.8 Å². The molecule has 3 aromatic rings. The van der Waals surface area contributed by atoms with E-state index in [1.165, 1.54) is 12.8 Å². The van der Waals surface area contributed by atoms with Crippen molar-refractivity contribution in [3.05, 3.63) is 52.9 Å². The normalized spacial score (nSPS) is 21.0. The molecule has 2 atom stereocenters. The number of rotatable bonds is 8. The first-order chi connectivity index (χ1) is 14.1. The molecule has 0 amide bonds. The highest BCUT2D eigenvalue weighted by molar-refractivity contribution is 6.36. The van der Waals surface area contributed by atoms with Crippen LogP contribution in [0.4, 0.5) is 14.5 Å². The van der Waals surface area contributed by atoms with Crippen molar-refractivity contribution >= 4 is 22.9 Å². The maximum Gasteiger partial charge on any atom is 0.387 e. The second-order valence-corrected chi connectivity index (χ2v) is 8.28. The summed E-state index contributed by atoms with van der Waals surface area (Å²) in [6.45, 7) is -2.11. The van der Waals surface area contributed by atoms with Gasteiger partial charge >= 0.3 is 6.61 Å². The van der Waals surface area contributed by atoms with Gasteiger partial charge < -0.3 is 10.1 Å². The highest BCUT2D eigenvalue weighted by Gasteiger charge is 2.40. The van der Waals surface area contributed by atoms with Crippen LogP contribution in [-0.2, 0) is 6.42 Å². The number of hydrogen-bond donors (Lipinski definition) is 1. The summed E-state index contributed by atoms with van der Waals surface area (Å²) in [5.41, 5.74) is 2.31. The van der Waals surface area contributed by atoms with E-state index in [4.69, 9.17) is 11.6 Å². The molecule has 5 rings (SSSR count). The van der Waals surface area contributed by atoms with Crippen molar-refractivity contribution < 1.29 is 13.5 Å². The Hall–Kier alpha value is -2.41. The van der Waals surface area contributed by atoms with Crippen molar-refractivity contribution in [1.82, 2.24) is 14.6 Å². The predicted octanol–water partition coefficient (Wildman–Crippen LogP) is 5.15. The van der Waals surface area contributed by atoms with Crippen molar-refractivity contribution in [3.63, 3.8) is 0 Å². The van der Waals surface area contributed by atoms with Crippen LogP contribution in [0.3, 0.4) is 0 Å². The second kappa shape index (κ2) is 7.44. The highest BCUT2D eigenvalue weighted by atomic mass is 35.5. The smallest absolute Gasteiger partial charge is 0.387 e. The zero-order valence-electron chi connectivity index (χ0n) is 15.7. The quantitative estimate of drug-likeness (QED) is 0.549. The average Bonchev–Trinajstić information content (AvgIpc) is 3.61.